The van der Waals surface area contributed by atoms with Crippen molar-refractivity contribution in [1.29, 1.82) is 0 Å². The van der Waals surface area contributed by atoms with Gasteiger partial charge in [0.15, 0.2) is 0 Å². The SMILES string of the molecule is O=P(Oc1cccc(CC(F)(F)F)c1)(Oc1cccc(CC(F)(F)F)c1)Oc1cccc(CC(F)(F)F)c1. The summed E-state index contributed by atoms with van der Waals surface area (Å²) in [7, 11) is -4.94. The van der Waals surface area contributed by atoms with Crippen molar-refractivity contribution in [2.75, 3.05) is 0 Å². The smallest absolute Gasteiger partial charge is 0.386 e. The van der Waals surface area contributed by atoms with Crippen LogP contribution in [0.2, 0.25) is 0 Å². The second-order valence-corrected chi connectivity index (χ2v) is 9.48. The van der Waals surface area contributed by atoms with Crippen molar-refractivity contribution in [2.24, 2.45) is 0 Å². The van der Waals surface area contributed by atoms with Gasteiger partial charge in [-0.15, -0.1) is 0 Å². The van der Waals surface area contributed by atoms with E-state index in [4.69, 9.17) is 13.6 Å². The summed E-state index contributed by atoms with van der Waals surface area (Å²) in [5.74, 6) is -1.23. The molecule has 0 spiro atoms. The Morgan fingerprint density at radius 1 is 0.500 bits per heavy atom. The molecule has 38 heavy (non-hydrogen) atoms. The van der Waals surface area contributed by atoms with Crippen LogP contribution in [0.3, 0.4) is 0 Å². The fraction of sp³-hybridized carbons (Fsp3) is 0.250. The first-order valence-electron chi connectivity index (χ1n) is 10.6. The van der Waals surface area contributed by atoms with E-state index < -0.39 is 62.9 Å². The number of halogens is 9. The van der Waals surface area contributed by atoms with Gasteiger partial charge in [-0.25, -0.2) is 0 Å². The summed E-state index contributed by atoms with van der Waals surface area (Å²) in [5, 5.41) is 0. The summed E-state index contributed by atoms with van der Waals surface area (Å²) in [6.07, 6.45) is -17.8. The molecule has 0 saturated carbocycles. The highest BCUT2D eigenvalue weighted by Gasteiger charge is 2.35. The van der Waals surface area contributed by atoms with Gasteiger partial charge in [0.2, 0.25) is 0 Å². The van der Waals surface area contributed by atoms with E-state index in [1.165, 1.54) is 0 Å². The zero-order valence-electron chi connectivity index (χ0n) is 19.0. The standard InChI is InChI=1S/C24H18F9O4P/c25-22(26,27)13-16-4-1-7-19(10-16)35-38(34,36-20-8-2-5-17(11-20)14-23(28,29)30)37-21-9-3-6-18(12-21)15-24(31,32)33/h1-12H,13-15H2. The van der Waals surface area contributed by atoms with Crippen LogP contribution in [0.15, 0.2) is 72.8 Å². The zero-order valence-corrected chi connectivity index (χ0v) is 19.9. The Morgan fingerprint density at radius 2 is 0.763 bits per heavy atom. The van der Waals surface area contributed by atoms with E-state index in [1.807, 2.05) is 0 Å². The average molecular weight is 572 g/mol. The van der Waals surface area contributed by atoms with Gasteiger partial charge < -0.3 is 13.6 Å². The molecule has 3 aromatic rings. The molecule has 4 nitrogen and oxygen atoms in total. The van der Waals surface area contributed by atoms with E-state index in [1.54, 1.807) is 0 Å². The minimum atomic E-state index is -4.94. The molecule has 0 aromatic heterocycles. The topological polar surface area (TPSA) is 44.8 Å². The molecule has 0 aliphatic carbocycles. The highest BCUT2D eigenvalue weighted by molar-refractivity contribution is 7.49. The molecule has 0 aliphatic rings. The molecule has 14 heteroatoms. The maximum absolute atomic E-state index is 13.6. The number of hydrogen-bond acceptors (Lipinski definition) is 4. The highest BCUT2D eigenvalue weighted by Crippen LogP contribution is 2.50. The summed E-state index contributed by atoms with van der Waals surface area (Å²) in [6.45, 7) is 0. The van der Waals surface area contributed by atoms with E-state index in [0.717, 1.165) is 72.8 Å². The minimum Gasteiger partial charge on any atom is -0.386 e. The Morgan fingerprint density at radius 3 is 1.00 bits per heavy atom. The van der Waals surface area contributed by atoms with Crippen LogP contribution in [0.5, 0.6) is 17.2 Å². The first kappa shape index (κ1) is 29.2. The minimum absolute atomic E-state index is 0.277. The van der Waals surface area contributed by atoms with Gasteiger partial charge in [-0.05, 0) is 53.1 Å². The first-order valence-corrected chi connectivity index (χ1v) is 12.1. The number of alkyl halides is 9. The molecule has 0 amide bonds. The molecule has 0 aliphatic heterocycles. The summed E-state index contributed by atoms with van der Waals surface area (Å²) in [6, 6.07) is 12.9. The Hall–Kier alpha value is -3.34. The molecule has 0 unspecified atom stereocenters. The van der Waals surface area contributed by atoms with Crippen molar-refractivity contribution in [3.8, 4) is 17.2 Å². The maximum atomic E-state index is 13.6. The van der Waals surface area contributed by atoms with Crippen LogP contribution in [0.4, 0.5) is 39.5 Å². The largest absolute Gasteiger partial charge is 0.647 e. The number of phosphoric acid groups is 1. The number of hydrogen-bond donors (Lipinski definition) is 0. The van der Waals surface area contributed by atoms with Gasteiger partial charge in [0.05, 0.1) is 19.3 Å². The molecule has 0 fully saturated rings. The van der Waals surface area contributed by atoms with Crippen LogP contribution in [-0.2, 0) is 23.8 Å². The van der Waals surface area contributed by atoms with Gasteiger partial charge in [-0.3, -0.25) is 0 Å². The van der Waals surface area contributed by atoms with Crippen molar-refractivity contribution in [1.82, 2.24) is 0 Å². The van der Waals surface area contributed by atoms with Crippen LogP contribution in [0.25, 0.3) is 0 Å². The van der Waals surface area contributed by atoms with Crippen molar-refractivity contribution in [3.05, 3.63) is 89.5 Å². The van der Waals surface area contributed by atoms with E-state index in [-0.39, 0.29) is 16.7 Å². The van der Waals surface area contributed by atoms with Crippen LogP contribution < -0.4 is 13.6 Å². The zero-order chi connectivity index (χ0) is 28.2. The molecule has 0 heterocycles. The lowest BCUT2D eigenvalue weighted by Crippen LogP contribution is -2.13. The fourth-order valence-corrected chi connectivity index (χ4v) is 4.50. The van der Waals surface area contributed by atoms with Gasteiger partial charge in [-0.2, -0.15) is 44.1 Å². The number of phosphoric ester groups is 1. The van der Waals surface area contributed by atoms with Crippen molar-refractivity contribution < 1.29 is 57.7 Å². The molecule has 0 N–H and O–H groups in total. The van der Waals surface area contributed by atoms with Crippen LogP contribution in [-0.4, -0.2) is 18.5 Å². The molecule has 3 rings (SSSR count). The fourth-order valence-electron chi connectivity index (χ4n) is 3.27. The third kappa shape index (κ3) is 10.2. The summed E-state index contributed by atoms with van der Waals surface area (Å²) >= 11 is 0. The molecule has 0 saturated heterocycles. The molecular weight excluding hydrogens is 554 g/mol. The quantitative estimate of drug-likeness (QED) is 0.190. The van der Waals surface area contributed by atoms with Crippen molar-refractivity contribution in [3.63, 3.8) is 0 Å². The lowest BCUT2D eigenvalue weighted by molar-refractivity contribution is -0.128. The van der Waals surface area contributed by atoms with E-state index in [2.05, 4.69) is 0 Å². The van der Waals surface area contributed by atoms with E-state index in [0.29, 0.717) is 0 Å². The molecule has 3 aromatic carbocycles. The third-order valence-electron chi connectivity index (χ3n) is 4.56. The predicted octanol–water partition coefficient (Wildman–Crippen LogP) is 8.65. The molecule has 0 atom stereocenters. The van der Waals surface area contributed by atoms with Gasteiger partial charge in [0, 0.05) is 0 Å². The summed E-state index contributed by atoms with van der Waals surface area (Å²) in [5.41, 5.74) is -0.831. The Balaban J connectivity index is 1.94. The first-order chi connectivity index (χ1) is 17.5. The van der Waals surface area contributed by atoms with E-state index in [9.17, 15) is 44.1 Å². The Bertz CT molecular complexity index is 1130. The Kier molecular flexibility index (Phi) is 8.60. The number of rotatable bonds is 9. The van der Waals surface area contributed by atoms with Crippen molar-refractivity contribution >= 4 is 7.82 Å². The van der Waals surface area contributed by atoms with Crippen LogP contribution in [0, 0.1) is 0 Å². The molecule has 0 radical (unpaired) electrons. The Labute approximate surface area is 210 Å². The summed E-state index contributed by atoms with van der Waals surface area (Å²) < 4.78 is 144. The van der Waals surface area contributed by atoms with Gasteiger partial charge in [0.1, 0.15) is 17.2 Å². The normalized spacial score (nSPS) is 12.8. The highest BCUT2D eigenvalue weighted by atomic mass is 31.2. The lowest BCUT2D eigenvalue weighted by Gasteiger charge is -2.20. The summed E-state index contributed by atoms with van der Waals surface area (Å²) in [4.78, 5) is 0. The third-order valence-corrected chi connectivity index (χ3v) is 5.86. The predicted molar refractivity (Wildman–Crippen MR) is 118 cm³/mol. The van der Waals surface area contributed by atoms with Crippen molar-refractivity contribution in [2.45, 2.75) is 37.8 Å². The lowest BCUT2D eigenvalue weighted by atomic mass is 10.1. The van der Waals surface area contributed by atoms with E-state index >= 15 is 0 Å². The second kappa shape index (κ2) is 11.2. The van der Waals surface area contributed by atoms with Gasteiger partial charge in [0.25, 0.3) is 0 Å². The van der Waals surface area contributed by atoms with Crippen LogP contribution in [0.1, 0.15) is 16.7 Å². The monoisotopic (exact) mass is 572 g/mol. The van der Waals surface area contributed by atoms with Crippen LogP contribution >= 0.6 is 7.82 Å². The molecular formula is C24H18F9O4P. The van der Waals surface area contributed by atoms with Gasteiger partial charge >= 0.3 is 26.4 Å². The molecule has 206 valence electrons. The molecule has 0 bridgehead atoms. The maximum Gasteiger partial charge on any atom is 0.647 e. The second-order valence-electron chi connectivity index (χ2n) is 8.04. The number of benzene rings is 3. The van der Waals surface area contributed by atoms with Gasteiger partial charge in [-0.1, -0.05) is 36.4 Å². The average Bonchev–Trinajstić information content (AvgIpc) is 2.70.